The molecule has 0 fully saturated rings. The van der Waals surface area contributed by atoms with E-state index in [4.69, 9.17) is 0 Å². The number of carboxylic acid groups (broad SMARTS) is 1. The Balaban J connectivity index is 2.09. The van der Waals surface area contributed by atoms with Crippen LogP contribution in [0.4, 0.5) is 11.4 Å². The molecule has 0 aliphatic rings. The van der Waals surface area contributed by atoms with E-state index in [1.807, 2.05) is 37.3 Å². The third-order valence-electron chi connectivity index (χ3n) is 3.36. The zero-order valence-electron chi connectivity index (χ0n) is 11.5. The zero-order chi connectivity index (χ0) is 14.8. The molecular weight excluding hydrogens is 264 g/mol. The topological polar surface area (TPSA) is 62.2 Å². The summed E-state index contributed by atoms with van der Waals surface area (Å²) >= 11 is 0. The highest BCUT2D eigenvalue weighted by atomic mass is 16.4. The minimum Gasteiger partial charge on any atom is -0.478 e. The molecule has 4 heteroatoms. The van der Waals surface area contributed by atoms with E-state index in [1.54, 1.807) is 24.5 Å². The Morgan fingerprint density at radius 1 is 1.14 bits per heavy atom. The number of nitrogens with zero attached hydrogens (tertiary/aromatic N) is 1. The van der Waals surface area contributed by atoms with E-state index >= 15 is 0 Å². The number of nitrogens with one attached hydrogen (secondary N) is 1. The predicted octanol–water partition coefficient (Wildman–Crippen LogP) is 3.99. The number of aromatic nitrogens is 1. The first kappa shape index (κ1) is 13.1. The summed E-state index contributed by atoms with van der Waals surface area (Å²) < 4.78 is 0. The highest BCUT2D eigenvalue weighted by molar-refractivity contribution is 5.99. The molecule has 2 N–H and O–H groups in total. The van der Waals surface area contributed by atoms with Crippen LogP contribution in [0, 0.1) is 6.92 Å². The Kier molecular flexibility index (Phi) is 3.28. The number of aryl methyl sites for hydroxylation is 1. The maximum Gasteiger partial charge on any atom is 0.337 e. The zero-order valence-corrected chi connectivity index (χ0v) is 11.5. The molecule has 1 heterocycles. The molecule has 0 amide bonds. The maximum atomic E-state index is 11.4. The minimum absolute atomic E-state index is 0.265. The van der Waals surface area contributed by atoms with Gasteiger partial charge in [0.05, 0.1) is 11.3 Å². The molecule has 0 unspecified atom stereocenters. The summed E-state index contributed by atoms with van der Waals surface area (Å²) in [7, 11) is 0. The number of aromatic carboxylic acids is 1. The highest BCUT2D eigenvalue weighted by Gasteiger charge is 2.11. The molecule has 21 heavy (non-hydrogen) atoms. The van der Waals surface area contributed by atoms with Gasteiger partial charge in [0, 0.05) is 28.9 Å². The van der Waals surface area contributed by atoms with E-state index in [0.29, 0.717) is 5.69 Å². The Labute approximate surface area is 122 Å². The van der Waals surface area contributed by atoms with Crippen molar-refractivity contribution in [2.75, 3.05) is 5.32 Å². The van der Waals surface area contributed by atoms with Crippen LogP contribution in [0.1, 0.15) is 15.9 Å². The van der Waals surface area contributed by atoms with Gasteiger partial charge >= 0.3 is 5.97 Å². The van der Waals surface area contributed by atoms with Gasteiger partial charge in [0.15, 0.2) is 0 Å². The Bertz CT molecular complexity index is 823. The average Bonchev–Trinajstić information content (AvgIpc) is 2.49. The lowest BCUT2D eigenvalue weighted by atomic mass is 10.1. The molecule has 0 radical (unpaired) electrons. The monoisotopic (exact) mass is 278 g/mol. The lowest BCUT2D eigenvalue weighted by Crippen LogP contribution is -2.03. The van der Waals surface area contributed by atoms with Gasteiger partial charge in [-0.2, -0.15) is 0 Å². The SMILES string of the molecule is Cc1ccc(Nc2cccc3cnccc23)c(C(=O)O)c1. The van der Waals surface area contributed by atoms with Crippen LogP contribution >= 0.6 is 0 Å². The van der Waals surface area contributed by atoms with Crippen molar-refractivity contribution in [3.05, 3.63) is 66.0 Å². The normalized spacial score (nSPS) is 10.5. The summed E-state index contributed by atoms with van der Waals surface area (Å²) in [6.07, 6.45) is 3.51. The number of carboxylic acids is 1. The molecule has 0 spiro atoms. The number of benzene rings is 2. The van der Waals surface area contributed by atoms with Crippen LogP contribution in [-0.2, 0) is 0 Å². The fraction of sp³-hybridized carbons (Fsp3) is 0.0588. The number of hydrogen-bond donors (Lipinski definition) is 2. The lowest BCUT2D eigenvalue weighted by molar-refractivity contribution is 0.0698. The quantitative estimate of drug-likeness (QED) is 0.760. The summed E-state index contributed by atoms with van der Waals surface area (Å²) in [6.45, 7) is 1.87. The minimum atomic E-state index is -0.942. The van der Waals surface area contributed by atoms with Crippen LogP contribution < -0.4 is 5.32 Å². The van der Waals surface area contributed by atoms with Crippen LogP contribution in [0.15, 0.2) is 54.9 Å². The largest absolute Gasteiger partial charge is 0.478 e. The van der Waals surface area contributed by atoms with Crippen molar-refractivity contribution in [1.82, 2.24) is 4.98 Å². The Morgan fingerprint density at radius 3 is 2.81 bits per heavy atom. The first-order valence-corrected chi connectivity index (χ1v) is 6.59. The molecule has 0 saturated carbocycles. The standard InChI is InChI=1S/C17H14N2O2/c1-11-5-6-16(14(9-11)17(20)21)19-15-4-2-3-12-10-18-8-7-13(12)15/h2-10,19H,1H3,(H,20,21). The average molecular weight is 278 g/mol. The molecule has 104 valence electrons. The van der Waals surface area contributed by atoms with Crippen LogP contribution in [0.5, 0.6) is 0 Å². The van der Waals surface area contributed by atoms with Gasteiger partial charge < -0.3 is 10.4 Å². The van der Waals surface area contributed by atoms with Gasteiger partial charge in [0.25, 0.3) is 0 Å². The molecule has 4 nitrogen and oxygen atoms in total. The van der Waals surface area contributed by atoms with Crippen molar-refractivity contribution >= 4 is 28.1 Å². The molecule has 0 saturated heterocycles. The fourth-order valence-electron chi connectivity index (χ4n) is 2.32. The summed E-state index contributed by atoms with van der Waals surface area (Å²) in [5.74, 6) is -0.942. The third kappa shape index (κ3) is 2.56. The lowest BCUT2D eigenvalue weighted by Gasteiger charge is -2.12. The van der Waals surface area contributed by atoms with Crippen LogP contribution in [0.3, 0.4) is 0 Å². The number of pyridine rings is 1. The van der Waals surface area contributed by atoms with Crippen molar-refractivity contribution in [3.63, 3.8) is 0 Å². The summed E-state index contributed by atoms with van der Waals surface area (Å²) in [5, 5.41) is 14.6. The van der Waals surface area contributed by atoms with Crippen molar-refractivity contribution < 1.29 is 9.90 Å². The molecule has 3 aromatic rings. The Hall–Kier alpha value is -2.88. The van der Waals surface area contributed by atoms with Gasteiger partial charge in [-0.05, 0) is 31.2 Å². The van der Waals surface area contributed by atoms with E-state index in [0.717, 1.165) is 22.0 Å². The van der Waals surface area contributed by atoms with Crippen molar-refractivity contribution in [2.45, 2.75) is 6.92 Å². The highest BCUT2D eigenvalue weighted by Crippen LogP contribution is 2.28. The second-order valence-electron chi connectivity index (χ2n) is 4.88. The fourth-order valence-corrected chi connectivity index (χ4v) is 2.32. The molecule has 1 aromatic heterocycles. The summed E-state index contributed by atoms with van der Waals surface area (Å²) in [5.41, 5.74) is 2.62. The van der Waals surface area contributed by atoms with Crippen LogP contribution in [0.25, 0.3) is 10.8 Å². The molecular formula is C17H14N2O2. The first-order valence-electron chi connectivity index (χ1n) is 6.59. The molecule has 2 aromatic carbocycles. The first-order chi connectivity index (χ1) is 10.1. The van der Waals surface area contributed by atoms with E-state index < -0.39 is 5.97 Å². The summed E-state index contributed by atoms with van der Waals surface area (Å²) in [4.78, 5) is 15.5. The number of hydrogen-bond acceptors (Lipinski definition) is 3. The van der Waals surface area contributed by atoms with E-state index in [1.165, 1.54) is 0 Å². The predicted molar refractivity (Wildman–Crippen MR) is 83.2 cm³/mol. The van der Waals surface area contributed by atoms with Gasteiger partial charge in [-0.1, -0.05) is 23.8 Å². The van der Waals surface area contributed by atoms with Gasteiger partial charge in [-0.15, -0.1) is 0 Å². The van der Waals surface area contributed by atoms with Gasteiger partial charge in [0.1, 0.15) is 0 Å². The molecule has 0 aliphatic carbocycles. The maximum absolute atomic E-state index is 11.4. The van der Waals surface area contributed by atoms with E-state index in [9.17, 15) is 9.90 Å². The van der Waals surface area contributed by atoms with Crippen LogP contribution in [-0.4, -0.2) is 16.1 Å². The second-order valence-corrected chi connectivity index (χ2v) is 4.88. The number of fused-ring (bicyclic) bond motifs is 1. The molecule has 3 rings (SSSR count). The van der Waals surface area contributed by atoms with Crippen molar-refractivity contribution in [2.24, 2.45) is 0 Å². The van der Waals surface area contributed by atoms with Crippen molar-refractivity contribution in [3.8, 4) is 0 Å². The van der Waals surface area contributed by atoms with E-state index in [2.05, 4.69) is 10.3 Å². The number of carbonyl (C=O) groups is 1. The van der Waals surface area contributed by atoms with E-state index in [-0.39, 0.29) is 5.56 Å². The second kappa shape index (κ2) is 5.25. The van der Waals surface area contributed by atoms with Gasteiger partial charge in [0.2, 0.25) is 0 Å². The molecule has 0 aliphatic heterocycles. The molecule has 0 atom stereocenters. The van der Waals surface area contributed by atoms with Gasteiger partial charge in [-0.3, -0.25) is 4.98 Å². The van der Waals surface area contributed by atoms with Crippen molar-refractivity contribution in [1.29, 1.82) is 0 Å². The number of rotatable bonds is 3. The smallest absolute Gasteiger partial charge is 0.337 e. The summed E-state index contributed by atoms with van der Waals surface area (Å²) in [6, 6.07) is 13.1. The number of anilines is 2. The van der Waals surface area contributed by atoms with Crippen LogP contribution in [0.2, 0.25) is 0 Å². The Morgan fingerprint density at radius 2 is 2.00 bits per heavy atom. The molecule has 0 bridgehead atoms. The van der Waals surface area contributed by atoms with Gasteiger partial charge in [-0.25, -0.2) is 4.79 Å². The third-order valence-corrected chi connectivity index (χ3v) is 3.36.